The maximum Gasteiger partial charge on any atom is 0.335 e. The van der Waals surface area contributed by atoms with Crippen molar-refractivity contribution in [2.24, 2.45) is 0 Å². The van der Waals surface area contributed by atoms with Crippen LogP contribution in [0.15, 0.2) is 78.9 Å². The fraction of sp³-hybridized carbons (Fsp3) is 0.296. The monoisotopic (exact) mass is 446 g/mol. The molecule has 1 N–H and O–H groups in total. The van der Waals surface area contributed by atoms with Gasteiger partial charge in [0.2, 0.25) is 0 Å². The molecule has 1 saturated heterocycles. The molecule has 1 atom stereocenters. The van der Waals surface area contributed by atoms with Gasteiger partial charge in [0.1, 0.15) is 23.9 Å². The quantitative estimate of drug-likeness (QED) is 0.484. The zero-order valence-electron chi connectivity index (χ0n) is 18.9. The topological polar surface area (TPSA) is 62.2 Å². The molecule has 0 radical (unpaired) electrons. The first-order valence-corrected chi connectivity index (χ1v) is 11.3. The summed E-state index contributed by atoms with van der Waals surface area (Å²) in [4.78, 5) is 15.8. The van der Waals surface area contributed by atoms with Crippen molar-refractivity contribution in [3.05, 3.63) is 90.0 Å². The Hall–Kier alpha value is -3.35. The number of benzene rings is 3. The Morgan fingerprint density at radius 1 is 0.970 bits per heavy atom. The lowest BCUT2D eigenvalue weighted by atomic mass is 10.1. The molecule has 0 saturated carbocycles. The van der Waals surface area contributed by atoms with Gasteiger partial charge in [-0.1, -0.05) is 30.3 Å². The normalized spacial score (nSPS) is 16.1. The van der Waals surface area contributed by atoms with Gasteiger partial charge in [-0.25, -0.2) is 4.79 Å². The zero-order chi connectivity index (χ0) is 23.0. The Balaban J connectivity index is 1.18. The predicted octanol–water partition coefficient (Wildman–Crippen LogP) is 4.76. The molecule has 0 aromatic heterocycles. The largest absolute Gasteiger partial charge is 0.492 e. The third-order valence-electron chi connectivity index (χ3n) is 5.99. The Morgan fingerprint density at radius 3 is 2.33 bits per heavy atom. The van der Waals surface area contributed by atoms with Crippen molar-refractivity contribution in [3.63, 3.8) is 0 Å². The summed E-state index contributed by atoms with van der Waals surface area (Å²) in [7, 11) is 2.15. The molecule has 1 fully saturated rings. The van der Waals surface area contributed by atoms with Gasteiger partial charge >= 0.3 is 5.97 Å². The van der Waals surface area contributed by atoms with Crippen molar-refractivity contribution < 1.29 is 19.4 Å². The number of rotatable bonds is 10. The molecule has 6 heteroatoms. The Bertz CT molecular complexity index is 1020. The molecule has 3 aromatic carbocycles. The predicted molar refractivity (Wildman–Crippen MR) is 128 cm³/mol. The summed E-state index contributed by atoms with van der Waals surface area (Å²) in [6.45, 7) is 4.37. The third kappa shape index (κ3) is 6.57. The zero-order valence-corrected chi connectivity index (χ0v) is 18.9. The molecule has 33 heavy (non-hydrogen) atoms. The van der Waals surface area contributed by atoms with E-state index >= 15 is 0 Å². The van der Waals surface area contributed by atoms with Crippen LogP contribution in [0.4, 0.5) is 0 Å². The summed E-state index contributed by atoms with van der Waals surface area (Å²) in [5, 5.41) is 9.03. The molecular formula is C27H30N2O4. The molecule has 6 nitrogen and oxygen atoms in total. The van der Waals surface area contributed by atoms with Crippen molar-refractivity contribution in [2.45, 2.75) is 19.0 Å². The summed E-state index contributed by atoms with van der Waals surface area (Å²) in [6.07, 6.45) is 1.12. The second-order valence-electron chi connectivity index (χ2n) is 8.40. The highest BCUT2D eigenvalue weighted by molar-refractivity contribution is 5.87. The van der Waals surface area contributed by atoms with E-state index in [1.54, 1.807) is 12.1 Å². The van der Waals surface area contributed by atoms with Gasteiger partial charge < -0.3 is 14.6 Å². The van der Waals surface area contributed by atoms with Crippen LogP contribution >= 0.6 is 0 Å². The van der Waals surface area contributed by atoms with Crippen molar-refractivity contribution >= 4 is 5.97 Å². The minimum Gasteiger partial charge on any atom is -0.492 e. The van der Waals surface area contributed by atoms with Crippen LogP contribution in [0.25, 0.3) is 0 Å². The van der Waals surface area contributed by atoms with Gasteiger partial charge in [0.25, 0.3) is 0 Å². The van der Waals surface area contributed by atoms with Crippen LogP contribution in [-0.4, -0.2) is 60.2 Å². The maximum atomic E-state index is 11.0. The highest BCUT2D eigenvalue weighted by Crippen LogP contribution is 2.24. The van der Waals surface area contributed by atoms with E-state index in [0.29, 0.717) is 18.2 Å². The lowest BCUT2D eigenvalue weighted by Gasteiger charge is -2.24. The number of nitrogens with zero attached hydrogens (tertiary/aromatic N) is 2. The first kappa shape index (κ1) is 22.8. The number of aromatic carboxylic acids is 1. The number of likely N-dealkylation sites (tertiary alicyclic amines) is 1. The number of carboxylic acid groups (broad SMARTS) is 1. The second-order valence-corrected chi connectivity index (χ2v) is 8.40. The summed E-state index contributed by atoms with van der Waals surface area (Å²) < 4.78 is 11.8. The molecule has 1 aliphatic rings. The molecule has 0 aliphatic carbocycles. The van der Waals surface area contributed by atoms with E-state index in [2.05, 4.69) is 16.8 Å². The number of carboxylic acids is 1. The SMILES string of the molecule is CN(CCOc1ccc(Oc2ccccc2)cc1)[C@H]1CCN(Cc2ccc(C(=O)O)cc2)C1. The highest BCUT2D eigenvalue weighted by atomic mass is 16.5. The second kappa shape index (κ2) is 11.0. The number of likely N-dealkylation sites (N-methyl/N-ethyl adjacent to an activating group) is 1. The van der Waals surface area contributed by atoms with Gasteiger partial charge in [0.05, 0.1) is 5.56 Å². The first-order chi connectivity index (χ1) is 16.1. The molecule has 1 aliphatic heterocycles. The van der Waals surface area contributed by atoms with E-state index in [1.165, 1.54) is 0 Å². The average molecular weight is 447 g/mol. The Kier molecular flexibility index (Phi) is 7.60. The van der Waals surface area contributed by atoms with E-state index < -0.39 is 5.97 Å². The molecule has 0 unspecified atom stereocenters. The fourth-order valence-corrected chi connectivity index (χ4v) is 4.05. The van der Waals surface area contributed by atoms with Gasteiger partial charge in [-0.05, 0) is 67.6 Å². The van der Waals surface area contributed by atoms with Crippen LogP contribution in [0.5, 0.6) is 17.2 Å². The van der Waals surface area contributed by atoms with Gasteiger partial charge in [-0.15, -0.1) is 0 Å². The number of hydrogen-bond acceptors (Lipinski definition) is 5. The van der Waals surface area contributed by atoms with Crippen LogP contribution in [0.1, 0.15) is 22.3 Å². The number of hydrogen-bond donors (Lipinski definition) is 1. The van der Waals surface area contributed by atoms with E-state index in [-0.39, 0.29) is 0 Å². The summed E-state index contributed by atoms with van der Waals surface area (Å²) in [5.74, 6) is 1.55. The van der Waals surface area contributed by atoms with Crippen LogP contribution < -0.4 is 9.47 Å². The van der Waals surface area contributed by atoms with E-state index in [1.807, 2.05) is 66.7 Å². The van der Waals surface area contributed by atoms with Crippen molar-refractivity contribution in [2.75, 3.05) is 33.3 Å². The minimum absolute atomic E-state index is 0.330. The van der Waals surface area contributed by atoms with E-state index in [9.17, 15) is 4.79 Å². The molecule has 0 amide bonds. The first-order valence-electron chi connectivity index (χ1n) is 11.3. The van der Waals surface area contributed by atoms with E-state index in [0.717, 1.165) is 55.4 Å². The lowest BCUT2D eigenvalue weighted by Crippen LogP contribution is -2.37. The summed E-state index contributed by atoms with van der Waals surface area (Å²) in [5.41, 5.74) is 1.47. The number of ether oxygens (including phenoxy) is 2. The average Bonchev–Trinajstić information content (AvgIpc) is 3.30. The van der Waals surface area contributed by atoms with Crippen molar-refractivity contribution in [1.29, 1.82) is 0 Å². The molecule has 0 spiro atoms. The maximum absolute atomic E-state index is 11.0. The molecule has 172 valence electrons. The van der Waals surface area contributed by atoms with Crippen LogP contribution in [0.2, 0.25) is 0 Å². The highest BCUT2D eigenvalue weighted by Gasteiger charge is 2.25. The standard InChI is InChI=1S/C27H30N2O4/c1-28(23-15-16-29(20-23)19-21-7-9-22(10-8-21)27(30)31)17-18-32-24-11-13-26(14-12-24)33-25-5-3-2-4-6-25/h2-14,23H,15-20H2,1H3,(H,30,31)/t23-/m0/s1. The summed E-state index contributed by atoms with van der Waals surface area (Å²) in [6, 6.07) is 25.1. The van der Waals surface area contributed by atoms with Crippen LogP contribution in [0.3, 0.4) is 0 Å². The number of carbonyl (C=O) groups is 1. The van der Waals surface area contributed by atoms with Crippen LogP contribution in [-0.2, 0) is 6.54 Å². The smallest absolute Gasteiger partial charge is 0.335 e. The van der Waals surface area contributed by atoms with Gasteiger partial charge in [-0.3, -0.25) is 9.80 Å². The van der Waals surface area contributed by atoms with Crippen molar-refractivity contribution in [3.8, 4) is 17.2 Å². The minimum atomic E-state index is -0.886. The third-order valence-corrected chi connectivity index (χ3v) is 5.99. The fourth-order valence-electron chi connectivity index (χ4n) is 4.05. The Morgan fingerprint density at radius 2 is 1.64 bits per heavy atom. The van der Waals surface area contributed by atoms with Gasteiger partial charge in [0, 0.05) is 32.2 Å². The van der Waals surface area contributed by atoms with E-state index in [4.69, 9.17) is 14.6 Å². The molecule has 4 rings (SSSR count). The molecule has 0 bridgehead atoms. The van der Waals surface area contributed by atoms with Crippen LogP contribution in [0, 0.1) is 0 Å². The lowest BCUT2D eigenvalue weighted by molar-refractivity contribution is 0.0697. The van der Waals surface area contributed by atoms with Gasteiger partial charge in [0.15, 0.2) is 0 Å². The molecule has 1 heterocycles. The van der Waals surface area contributed by atoms with Crippen molar-refractivity contribution in [1.82, 2.24) is 9.80 Å². The molecule has 3 aromatic rings. The summed E-state index contributed by atoms with van der Waals surface area (Å²) >= 11 is 0. The van der Waals surface area contributed by atoms with Gasteiger partial charge in [-0.2, -0.15) is 0 Å². The molecular weight excluding hydrogens is 416 g/mol. The Labute approximate surface area is 195 Å². The number of para-hydroxylation sites is 1.